The minimum atomic E-state index is -0.503. The average molecular weight is 575 g/mol. The molecule has 5 rings (SSSR count). The zero-order chi connectivity index (χ0) is 27.0. The molecule has 0 aliphatic heterocycles. The smallest absolute Gasteiger partial charge is 0.311 e. The largest absolute Gasteiger partial charge is 0.486 e. The Morgan fingerprint density at radius 1 is 1.13 bits per heavy atom. The van der Waals surface area contributed by atoms with E-state index in [2.05, 4.69) is 26.0 Å². The Hall–Kier alpha value is -4.31. The highest BCUT2D eigenvalue weighted by Gasteiger charge is 2.20. The Morgan fingerprint density at radius 2 is 1.92 bits per heavy atom. The van der Waals surface area contributed by atoms with Gasteiger partial charge in [-0.3, -0.25) is 14.9 Å². The molecule has 10 heteroatoms. The van der Waals surface area contributed by atoms with Gasteiger partial charge in [0.1, 0.15) is 5.58 Å². The van der Waals surface area contributed by atoms with Crippen LogP contribution in [0.4, 0.5) is 5.69 Å². The summed E-state index contributed by atoms with van der Waals surface area (Å²) < 4.78 is 13.7. The van der Waals surface area contributed by atoms with Crippen molar-refractivity contribution < 1.29 is 14.1 Å². The molecule has 0 bridgehead atoms. The standard InChI is InChI=1S/C28H23BrN4O5/c1-28(2,3)16-37-24-10-8-17(12-22(24)33(35)36)15-30-32-26(31-21-7-5-4-6-20(21)27(32)34)25-14-18-13-19(29)9-11-23(18)38-25/h4-15H,16H2,1-3H3. The van der Waals surface area contributed by atoms with E-state index in [1.54, 1.807) is 36.4 Å². The first-order valence-electron chi connectivity index (χ1n) is 11.8. The number of fused-ring (bicyclic) bond motifs is 2. The van der Waals surface area contributed by atoms with Crippen LogP contribution in [-0.4, -0.2) is 27.4 Å². The molecule has 5 aromatic rings. The highest BCUT2D eigenvalue weighted by molar-refractivity contribution is 9.10. The van der Waals surface area contributed by atoms with Crippen LogP contribution in [0.5, 0.6) is 5.75 Å². The maximum absolute atomic E-state index is 13.5. The van der Waals surface area contributed by atoms with E-state index in [1.807, 2.05) is 39.0 Å². The van der Waals surface area contributed by atoms with E-state index >= 15 is 0 Å². The van der Waals surface area contributed by atoms with Crippen LogP contribution in [0.15, 0.2) is 85.5 Å². The lowest BCUT2D eigenvalue weighted by atomic mass is 9.99. The van der Waals surface area contributed by atoms with Gasteiger partial charge >= 0.3 is 5.69 Å². The van der Waals surface area contributed by atoms with Crippen molar-refractivity contribution >= 4 is 49.7 Å². The molecule has 0 radical (unpaired) electrons. The van der Waals surface area contributed by atoms with Crippen molar-refractivity contribution in [2.45, 2.75) is 20.8 Å². The summed E-state index contributed by atoms with van der Waals surface area (Å²) >= 11 is 3.45. The minimum Gasteiger partial charge on any atom is -0.486 e. The summed E-state index contributed by atoms with van der Waals surface area (Å²) in [4.78, 5) is 29.3. The molecule has 9 nitrogen and oxygen atoms in total. The lowest BCUT2D eigenvalue weighted by molar-refractivity contribution is -0.386. The number of nitro groups is 1. The average Bonchev–Trinajstić information content (AvgIpc) is 3.29. The molecule has 0 saturated carbocycles. The second-order valence-electron chi connectivity index (χ2n) is 9.94. The topological polar surface area (TPSA) is 113 Å². The zero-order valence-corrected chi connectivity index (χ0v) is 22.4. The number of hydrogen-bond acceptors (Lipinski definition) is 7. The van der Waals surface area contributed by atoms with Crippen molar-refractivity contribution in [3.8, 4) is 17.3 Å². The second kappa shape index (κ2) is 9.86. The molecule has 0 amide bonds. The summed E-state index contributed by atoms with van der Waals surface area (Å²) in [6, 6.07) is 18.9. The highest BCUT2D eigenvalue weighted by Crippen LogP contribution is 2.31. The molecular formula is C28H23BrN4O5. The van der Waals surface area contributed by atoms with Crippen LogP contribution >= 0.6 is 15.9 Å². The third-order valence-corrected chi connectivity index (χ3v) is 6.11. The lowest BCUT2D eigenvalue weighted by Gasteiger charge is -2.18. The Labute approximate surface area is 225 Å². The SMILES string of the molecule is CC(C)(C)COc1ccc(C=Nn2c(-c3cc4cc(Br)ccc4o3)nc3ccccc3c2=O)cc1[N+](=O)[O-]. The quantitative estimate of drug-likeness (QED) is 0.125. The van der Waals surface area contributed by atoms with E-state index in [0.717, 1.165) is 14.5 Å². The molecular weight excluding hydrogens is 552 g/mol. The van der Waals surface area contributed by atoms with Gasteiger partial charge in [0.15, 0.2) is 11.5 Å². The summed E-state index contributed by atoms with van der Waals surface area (Å²) in [6.07, 6.45) is 1.38. The molecule has 0 aliphatic rings. The monoisotopic (exact) mass is 574 g/mol. The summed E-state index contributed by atoms with van der Waals surface area (Å²) in [6.45, 7) is 6.26. The molecule has 192 valence electrons. The molecule has 2 aromatic heterocycles. The maximum Gasteiger partial charge on any atom is 0.311 e. The van der Waals surface area contributed by atoms with Gasteiger partial charge in [-0.2, -0.15) is 9.78 Å². The van der Waals surface area contributed by atoms with Crippen LogP contribution < -0.4 is 10.3 Å². The fourth-order valence-electron chi connectivity index (χ4n) is 3.81. The second-order valence-corrected chi connectivity index (χ2v) is 10.9. The third kappa shape index (κ3) is 5.21. The summed E-state index contributed by atoms with van der Waals surface area (Å²) in [5, 5.41) is 17.3. The van der Waals surface area contributed by atoms with Gasteiger partial charge in [0.05, 0.1) is 28.6 Å². The Bertz CT molecular complexity index is 1780. The van der Waals surface area contributed by atoms with E-state index in [4.69, 9.17) is 9.15 Å². The van der Waals surface area contributed by atoms with Crippen molar-refractivity contribution in [2.24, 2.45) is 10.5 Å². The van der Waals surface area contributed by atoms with Crippen molar-refractivity contribution in [1.29, 1.82) is 0 Å². The molecule has 0 aliphatic carbocycles. The summed E-state index contributed by atoms with van der Waals surface area (Å²) in [5.41, 5.74) is 0.786. The summed E-state index contributed by atoms with van der Waals surface area (Å²) in [5.74, 6) is 0.729. The minimum absolute atomic E-state index is 0.165. The number of nitro benzene ring substituents is 1. The van der Waals surface area contributed by atoms with Crippen molar-refractivity contribution in [3.05, 3.63) is 97.2 Å². The van der Waals surface area contributed by atoms with Gasteiger partial charge in [-0.15, -0.1) is 0 Å². The van der Waals surface area contributed by atoms with Gasteiger partial charge in [0.2, 0.25) is 5.82 Å². The van der Waals surface area contributed by atoms with Gasteiger partial charge in [0, 0.05) is 21.5 Å². The van der Waals surface area contributed by atoms with E-state index in [1.165, 1.54) is 18.3 Å². The number of halogens is 1. The van der Waals surface area contributed by atoms with E-state index in [0.29, 0.717) is 34.4 Å². The van der Waals surface area contributed by atoms with Gasteiger partial charge in [-0.05, 0) is 53.9 Å². The highest BCUT2D eigenvalue weighted by atomic mass is 79.9. The number of furan rings is 1. The van der Waals surface area contributed by atoms with Crippen LogP contribution in [0.1, 0.15) is 26.3 Å². The number of para-hydroxylation sites is 1. The Morgan fingerprint density at radius 3 is 2.68 bits per heavy atom. The van der Waals surface area contributed by atoms with Gasteiger partial charge in [-0.1, -0.05) is 48.8 Å². The number of hydrogen-bond donors (Lipinski definition) is 0. The molecule has 0 N–H and O–H groups in total. The van der Waals surface area contributed by atoms with Crippen LogP contribution in [0.25, 0.3) is 33.5 Å². The number of benzene rings is 3. The normalized spacial score (nSPS) is 12.0. The molecule has 0 fully saturated rings. The van der Waals surface area contributed by atoms with Crippen LogP contribution in [0.3, 0.4) is 0 Å². The van der Waals surface area contributed by atoms with Gasteiger partial charge in [0.25, 0.3) is 5.56 Å². The Balaban J connectivity index is 1.60. The lowest BCUT2D eigenvalue weighted by Crippen LogP contribution is -2.20. The molecule has 0 atom stereocenters. The fraction of sp³-hybridized carbons (Fsp3) is 0.179. The Kier molecular flexibility index (Phi) is 6.58. The maximum atomic E-state index is 13.5. The predicted molar refractivity (Wildman–Crippen MR) is 150 cm³/mol. The fourth-order valence-corrected chi connectivity index (χ4v) is 4.19. The first-order chi connectivity index (χ1) is 18.1. The molecule has 2 heterocycles. The van der Waals surface area contributed by atoms with Crippen LogP contribution in [-0.2, 0) is 0 Å². The van der Waals surface area contributed by atoms with Crippen LogP contribution in [0.2, 0.25) is 0 Å². The number of ether oxygens (including phenoxy) is 1. The van der Waals surface area contributed by atoms with E-state index in [-0.39, 0.29) is 22.7 Å². The van der Waals surface area contributed by atoms with Gasteiger partial charge in [-0.25, -0.2) is 4.98 Å². The molecule has 0 unspecified atom stereocenters. The van der Waals surface area contributed by atoms with Crippen molar-refractivity contribution in [3.63, 3.8) is 0 Å². The third-order valence-electron chi connectivity index (χ3n) is 5.62. The van der Waals surface area contributed by atoms with Crippen molar-refractivity contribution in [1.82, 2.24) is 9.66 Å². The summed E-state index contributed by atoms with van der Waals surface area (Å²) in [7, 11) is 0. The van der Waals surface area contributed by atoms with Crippen molar-refractivity contribution in [2.75, 3.05) is 6.61 Å². The number of aromatic nitrogens is 2. The molecule has 3 aromatic carbocycles. The molecule has 0 spiro atoms. The van der Waals surface area contributed by atoms with E-state index in [9.17, 15) is 14.9 Å². The molecule has 0 saturated heterocycles. The molecule has 38 heavy (non-hydrogen) atoms. The number of nitrogens with zero attached hydrogens (tertiary/aromatic N) is 4. The van der Waals surface area contributed by atoms with Crippen LogP contribution in [0, 0.1) is 15.5 Å². The first-order valence-corrected chi connectivity index (χ1v) is 12.6. The van der Waals surface area contributed by atoms with Gasteiger partial charge < -0.3 is 9.15 Å². The number of rotatable bonds is 6. The predicted octanol–water partition coefficient (Wildman–Crippen LogP) is 6.79. The van der Waals surface area contributed by atoms with E-state index < -0.39 is 10.5 Å². The zero-order valence-electron chi connectivity index (χ0n) is 20.8. The first kappa shape index (κ1) is 25.3.